The van der Waals surface area contributed by atoms with Crippen molar-refractivity contribution in [3.63, 3.8) is 0 Å². The van der Waals surface area contributed by atoms with Gasteiger partial charge in [-0.3, -0.25) is 0 Å². The number of rotatable bonds is 2. The van der Waals surface area contributed by atoms with Gasteiger partial charge in [0.15, 0.2) is 5.69 Å². The van der Waals surface area contributed by atoms with Crippen molar-refractivity contribution in [3.05, 3.63) is 47.4 Å². The highest BCUT2D eigenvalue weighted by Crippen LogP contribution is 2.22. The molecule has 0 spiro atoms. The SMILES string of the molecule is Cc1nc(C(=O)O)cc(-c2ccc(F)cc2F)n1. The lowest BCUT2D eigenvalue weighted by molar-refractivity contribution is 0.0690. The average Bonchev–Trinajstić information content (AvgIpc) is 2.27. The van der Waals surface area contributed by atoms with Crippen LogP contribution in [-0.4, -0.2) is 21.0 Å². The first kappa shape index (κ1) is 12.1. The van der Waals surface area contributed by atoms with Gasteiger partial charge in [0, 0.05) is 11.6 Å². The van der Waals surface area contributed by atoms with Gasteiger partial charge < -0.3 is 5.11 Å². The van der Waals surface area contributed by atoms with E-state index in [1.54, 1.807) is 0 Å². The van der Waals surface area contributed by atoms with Crippen LogP contribution in [0.2, 0.25) is 0 Å². The summed E-state index contributed by atoms with van der Waals surface area (Å²) in [5, 5.41) is 8.85. The fraction of sp³-hybridized carbons (Fsp3) is 0.0833. The molecule has 92 valence electrons. The number of aryl methyl sites for hydroxylation is 1. The third-order valence-corrected chi connectivity index (χ3v) is 2.26. The Kier molecular flexibility index (Phi) is 3.01. The second-order valence-electron chi connectivity index (χ2n) is 3.61. The Morgan fingerprint density at radius 3 is 2.56 bits per heavy atom. The average molecular weight is 250 g/mol. The third kappa shape index (κ3) is 2.32. The van der Waals surface area contributed by atoms with E-state index in [1.807, 2.05) is 0 Å². The van der Waals surface area contributed by atoms with Crippen molar-refractivity contribution in [2.45, 2.75) is 6.92 Å². The van der Waals surface area contributed by atoms with Crippen molar-refractivity contribution in [2.24, 2.45) is 0 Å². The maximum Gasteiger partial charge on any atom is 0.354 e. The van der Waals surface area contributed by atoms with E-state index < -0.39 is 17.6 Å². The highest BCUT2D eigenvalue weighted by molar-refractivity contribution is 5.86. The van der Waals surface area contributed by atoms with E-state index in [2.05, 4.69) is 9.97 Å². The molecule has 1 heterocycles. The number of hydrogen-bond donors (Lipinski definition) is 1. The Labute approximate surface area is 101 Å². The van der Waals surface area contributed by atoms with Crippen molar-refractivity contribution in [1.29, 1.82) is 0 Å². The van der Waals surface area contributed by atoms with E-state index in [4.69, 9.17) is 5.11 Å². The summed E-state index contributed by atoms with van der Waals surface area (Å²) in [6.07, 6.45) is 0. The molecule has 1 N–H and O–H groups in total. The lowest BCUT2D eigenvalue weighted by atomic mass is 10.1. The van der Waals surface area contributed by atoms with Gasteiger partial charge in [0.25, 0.3) is 0 Å². The fourth-order valence-corrected chi connectivity index (χ4v) is 1.51. The van der Waals surface area contributed by atoms with Crippen LogP contribution in [0.4, 0.5) is 8.78 Å². The summed E-state index contributed by atoms with van der Waals surface area (Å²) in [5.41, 5.74) is -0.0944. The molecule has 0 aliphatic carbocycles. The zero-order chi connectivity index (χ0) is 13.3. The smallest absolute Gasteiger partial charge is 0.354 e. The molecular formula is C12H8F2N2O2. The van der Waals surface area contributed by atoms with Gasteiger partial charge in [0.05, 0.1) is 5.69 Å². The van der Waals surface area contributed by atoms with Gasteiger partial charge in [-0.15, -0.1) is 0 Å². The van der Waals surface area contributed by atoms with Gasteiger partial charge in [-0.1, -0.05) is 0 Å². The Bertz CT molecular complexity index is 629. The molecular weight excluding hydrogens is 242 g/mol. The van der Waals surface area contributed by atoms with Crippen molar-refractivity contribution in [2.75, 3.05) is 0 Å². The molecule has 0 unspecified atom stereocenters. The van der Waals surface area contributed by atoms with Crippen LogP contribution in [0.5, 0.6) is 0 Å². The van der Waals surface area contributed by atoms with Gasteiger partial charge in [0.2, 0.25) is 0 Å². The molecule has 0 aliphatic heterocycles. The van der Waals surface area contributed by atoms with Crippen LogP contribution in [0, 0.1) is 18.6 Å². The molecule has 0 aliphatic rings. The number of aromatic nitrogens is 2. The molecule has 1 aromatic carbocycles. The van der Waals surface area contributed by atoms with E-state index >= 15 is 0 Å². The predicted octanol–water partition coefficient (Wildman–Crippen LogP) is 2.43. The molecule has 1 aromatic heterocycles. The quantitative estimate of drug-likeness (QED) is 0.889. The summed E-state index contributed by atoms with van der Waals surface area (Å²) in [4.78, 5) is 18.5. The number of carbonyl (C=O) groups is 1. The van der Waals surface area contributed by atoms with Crippen LogP contribution < -0.4 is 0 Å². The Morgan fingerprint density at radius 1 is 1.22 bits per heavy atom. The fourth-order valence-electron chi connectivity index (χ4n) is 1.51. The molecule has 0 saturated heterocycles. The highest BCUT2D eigenvalue weighted by atomic mass is 19.1. The Hall–Kier alpha value is -2.37. The lowest BCUT2D eigenvalue weighted by Crippen LogP contribution is -2.04. The zero-order valence-electron chi connectivity index (χ0n) is 9.32. The largest absolute Gasteiger partial charge is 0.477 e. The van der Waals surface area contributed by atoms with Crippen LogP contribution in [0.1, 0.15) is 16.3 Å². The maximum absolute atomic E-state index is 13.6. The van der Waals surface area contributed by atoms with Gasteiger partial charge >= 0.3 is 5.97 Å². The van der Waals surface area contributed by atoms with Crippen molar-refractivity contribution in [1.82, 2.24) is 9.97 Å². The van der Waals surface area contributed by atoms with Gasteiger partial charge in [-0.05, 0) is 25.1 Å². The normalized spacial score (nSPS) is 10.4. The molecule has 0 fully saturated rings. The van der Waals surface area contributed by atoms with Crippen LogP contribution in [0.15, 0.2) is 24.3 Å². The van der Waals surface area contributed by atoms with Gasteiger partial charge in [0.1, 0.15) is 17.5 Å². The van der Waals surface area contributed by atoms with Crippen molar-refractivity contribution < 1.29 is 18.7 Å². The number of halogens is 2. The van der Waals surface area contributed by atoms with Crippen molar-refractivity contribution in [3.8, 4) is 11.3 Å². The van der Waals surface area contributed by atoms with Gasteiger partial charge in [-0.25, -0.2) is 23.5 Å². The predicted molar refractivity (Wildman–Crippen MR) is 59.1 cm³/mol. The van der Waals surface area contributed by atoms with E-state index in [0.29, 0.717) is 6.07 Å². The van der Waals surface area contributed by atoms with E-state index in [1.165, 1.54) is 13.0 Å². The summed E-state index contributed by atoms with van der Waals surface area (Å²) < 4.78 is 26.3. The van der Waals surface area contributed by atoms with Crippen LogP contribution >= 0.6 is 0 Å². The molecule has 0 saturated carbocycles. The topological polar surface area (TPSA) is 63.1 Å². The lowest BCUT2D eigenvalue weighted by Gasteiger charge is -2.05. The van der Waals surface area contributed by atoms with Crippen LogP contribution in [-0.2, 0) is 0 Å². The van der Waals surface area contributed by atoms with Gasteiger partial charge in [-0.2, -0.15) is 0 Å². The maximum atomic E-state index is 13.6. The Balaban J connectivity index is 2.60. The zero-order valence-corrected chi connectivity index (χ0v) is 9.32. The van der Waals surface area contributed by atoms with Crippen LogP contribution in [0.25, 0.3) is 11.3 Å². The second kappa shape index (κ2) is 4.48. The number of carboxylic acids is 1. The summed E-state index contributed by atoms with van der Waals surface area (Å²) in [7, 11) is 0. The first-order valence-electron chi connectivity index (χ1n) is 5.02. The summed E-state index contributed by atoms with van der Waals surface area (Å²) >= 11 is 0. The number of nitrogens with zero attached hydrogens (tertiary/aromatic N) is 2. The molecule has 0 amide bonds. The molecule has 18 heavy (non-hydrogen) atoms. The second-order valence-corrected chi connectivity index (χ2v) is 3.61. The van der Waals surface area contributed by atoms with E-state index in [9.17, 15) is 13.6 Å². The van der Waals surface area contributed by atoms with E-state index in [-0.39, 0.29) is 22.8 Å². The molecule has 0 atom stereocenters. The number of hydrogen-bond acceptors (Lipinski definition) is 3. The Morgan fingerprint density at radius 2 is 1.94 bits per heavy atom. The molecule has 2 rings (SSSR count). The molecule has 4 nitrogen and oxygen atoms in total. The molecule has 6 heteroatoms. The summed E-state index contributed by atoms with van der Waals surface area (Å²) in [6.45, 7) is 1.50. The monoisotopic (exact) mass is 250 g/mol. The first-order chi connectivity index (χ1) is 8.47. The minimum absolute atomic E-state index is 0.0319. The molecule has 0 bridgehead atoms. The minimum atomic E-state index is -1.23. The van der Waals surface area contributed by atoms with Crippen molar-refractivity contribution >= 4 is 5.97 Å². The summed E-state index contributed by atoms with van der Waals surface area (Å²) in [5.74, 6) is -2.54. The third-order valence-electron chi connectivity index (χ3n) is 2.26. The highest BCUT2D eigenvalue weighted by Gasteiger charge is 2.13. The number of carboxylic acid groups (broad SMARTS) is 1. The first-order valence-corrected chi connectivity index (χ1v) is 5.02. The van der Waals surface area contributed by atoms with E-state index in [0.717, 1.165) is 12.1 Å². The summed E-state index contributed by atoms with van der Waals surface area (Å²) in [6, 6.07) is 4.15. The standard InChI is InChI=1S/C12H8F2N2O2/c1-6-15-10(5-11(16-6)12(17)18)8-3-2-7(13)4-9(8)14/h2-5H,1H3,(H,17,18). The number of aromatic carboxylic acids is 1. The number of benzene rings is 1. The van der Waals surface area contributed by atoms with Crippen LogP contribution in [0.3, 0.4) is 0 Å². The molecule has 0 radical (unpaired) electrons. The molecule has 2 aromatic rings. The minimum Gasteiger partial charge on any atom is -0.477 e.